The Bertz CT molecular complexity index is 1100. The summed E-state index contributed by atoms with van der Waals surface area (Å²) in [6.07, 6.45) is -0.632. The lowest BCUT2D eigenvalue weighted by Gasteiger charge is -2.13. The van der Waals surface area contributed by atoms with Crippen LogP contribution in [0.4, 0.5) is 24.7 Å². The molecule has 32 heavy (non-hydrogen) atoms. The van der Waals surface area contributed by atoms with Gasteiger partial charge in [0.25, 0.3) is 11.8 Å². The number of carbonyl (C=O) groups is 2. The van der Waals surface area contributed by atoms with Gasteiger partial charge in [0.05, 0.1) is 11.3 Å². The molecule has 0 atom stereocenters. The standard InChI is InChI=1S/C22H22F3N5O2/c1-12-5-6-14(20(31)29-15-7-8-15)10-18(12)30-21(32)16(11-26)13(2)28-19-17(22(23,24)25)4-3-9-27-19/h3-6,9-11,15H,7-8,26H2,1-2H3,(H,29,31)(H,30,32). The number of rotatable bonds is 6. The van der Waals surface area contributed by atoms with Crippen LogP contribution in [0, 0.1) is 6.92 Å². The Morgan fingerprint density at radius 3 is 2.59 bits per heavy atom. The van der Waals surface area contributed by atoms with E-state index in [0.29, 0.717) is 16.8 Å². The number of hydrogen-bond acceptors (Lipinski definition) is 5. The molecule has 1 aliphatic rings. The minimum absolute atomic E-state index is 0.0468. The van der Waals surface area contributed by atoms with E-state index in [1.54, 1.807) is 19.1 Å². The van der Waals surface area contributed by atoms with Crippen molar-refractivity contribution < 1.29 is 22.8 Å². The minimum atomic E-state index is -4.65. The summed E-state index contributed by atoms with van der Waals surface area (Å²) in [7, 11) is 0. The van der Waals surface area contributed by atoms with Crippen molar-refractivity contribution in [2.75, 3.05) is 5.32 Å². The van der Waals surface area contributed by atoms with Gasteiger partial charge in [0.1, 0.15) is 5.56 Å². The zero-order valence-corrected chi connectivity index (χ0v) is 17.5. The highest BCUT2D eigenvalue weighted by Crippen LogP contribution is 2.35. The molecule has 1 aromatic carbocycles. The number of pyridine rings is 1. The monoisotopic (exact) mass is 445 g/mol. The molecule has 0 unspecified atom stereocenters. The summed E-state index contributed by atoms with van der Waals surface area (Å²) >= 11 is 0. The van der Waals surface area contributed by atoms with E-state index in [-0.39, 0.29) is 23.2 Å². The first-order chi connectivity index (χ1) is 15.1. The van der Waals surface area contributed by atoms with E-state index in [4.69, 9.17) is 5.73 Å². The van der Waals surface area contributed by atoms with Crippen LogP contribution < -0.4 is 16.4 Å². The van der Waals surface area contributed by atoms with E-state index >= 15 is 0 Å². The quantitative estimate of drug-likeness (QED) is 0.463. The Morgan fingerprint density at radius 2 is 1.97 bits per heavy atom. The maximum atomic E-state index is 13.2. The van der Waals surface area contributed by atoms with Crippen LogP contribution in [-0.4, -0.2) is 28.6 Å². The molecule has 0 radical (unpaired) electrons. The smallest absolute Gasteiger partial charge is 0.404 e. The third-order valence-electron chi connectivity index (χ3n) is 4.83. The van der Waals surface area contributed by atoms with Gasteiger partial charge in [0, 0.05) is 29.7 Å². The molecule has 2 aromatic rings. The highest BCUT2D eigenvalue weighted by Gasteiger charge is 2.34. The Kier molecular flexibility index (Phi) is 6.61. The molecular formula is C22H22F3N5O2. The van der Waals surface area contributed by atoms with E-state index in [2.05, 4.69) is 20.6 Å². The molecule has 1 heterocycles. The molecule has 10 heteroatoms. The number of nitrogens with zero attached hydrogens (tertiary/aromatic N) is 2. The van der Waals surface area contributed by atoms with Crippen molar-refractivity contribution in [2.24, 2.45) is 10.7 Å². The lowest BCUT2D eigenvalue weighted by atomic mass is 10.1. The van der Waals surface area contributed by atoms with Crippen molar-refractivity contribution in [2.45, 2.75) is 38.9 Å². The summed E-state index contributed by atoms with van der Waals surface area (Å²) in [5.74, 6) is -1.49. The van der Waals surface area contributed by atoms with E-state index in [1.807, 2.05) is 0 Å². The molecule has 7 nitrogen and oxygen atoms in total. The summed E-state index contributed by atoms with van der Waals surface area (Å²) in [6, 6.07) is 7.06. The van der Waals surface area contributed by atoms with Crippen LogP contribution in [0.5, 0.6) is 0 Å². The second-order valence-electron chi connectivity index (χ2n) is 7.38. The van der Waals surface area contributed by atoms with Crippen LogP contribution >= 0.6 is 0 Å². The van der Waals surface area contributed by atoms with Crippen molar-refractivity contribution in [1.82, 2.24) is 10.3 Å². The predicted octanol–water partition coefficient (Wildman–Crippen LogP) is 3.87. The van der Waals surface area contributed by atoms with Gasteiger partial charge >= 0.3 is 6.18 Å². The van der Waals surface area contributed by atoms with Crippen molar-refractivity contribution in [3.8, 4) is 0 Å². The molecule has 1 saturated carbocycles. The second kappa shape index (κ2) is 9.21. The van der Waals surface area contributed by atoms with Crippen LogP contribution in [0.15, 0.2) is 53.3 Å². The van der Waals surface area contributed by atoms with Crippen LogP contribution in [-0.2, 0) is 11.0 Å². The van der Waals surface area contributed by atoms with Gasteiger partial charge in [0.2, 0.25) is 0 Å². The number of nitrogens with two attached hydrogens (primary N) is 1. The number of benzene rings is 1. The zero-order valence-electron chi connectivity index (χ0n) is 17.5. The average Bonchev–Trinajstić information content (AvgIpc) is 3.53. The van der Waals surface area contributed by atoms with Crippen molar-refractivity contribution in [3.05, 3.63) is 65.0 Å². The molecule has 0 spiro atoms. The topological polar surface area (TPSA) is 109 Å². The highest BCUT2D eigenvalue weighted by molar-refractivity contribution is 6.25. The first kappa shape index (κ1) is 23.0. The second-order valence-corrected chi connectivity index (χ2v) is 7.38. The fraction of sp³-hybridized carbons (Fsp3) is 0.273. The van der Waals surface area contributed by atoms with Gasteiger partial charge in [-0.3, -0.25) is 9.59 Å². The summed E-state index contributed by atoms with van der Waals surface area (Å²) in [6.45, 7) is 3.11. The lowest BCUT2D eigenvalue weighted by molar-refractivity contribution is -0.137. The number of carbonyl (C=O) groups excluding carboxylic acids is 2. The lowest BCUT2D eigenvalue weighted by Crippen LogP contribution is -2.26. The number of nitrogens with one attached hydrogen (secondary N) is 2. The number of aliphatic imine (C=N–C) groups is 1. The fourth-order valence-electron chi connectivity index (χ4n) is 2.87. The molecule has 0 bridgehead atoms. The zero-order chi connectivity index (χ0) is 23.5. The van der Waals surface area contributed by atoms with Gasteiger partial charge in [-0.2, -0.15) is 13.2 Å². The van der Waals surface area contributed by atoms with E-state index in [9.17, 15) is 22.8 Å². The highest BCUT2D eigenvalue weighted by atomic mass is 19.4. The first-order valence-corrected chi connectivity index (χ1v) is 9.82. The van der Waals surface area contributed by atoms with E-state index < -0.39 is 23.5 Å². The van der Waals surface area contributed by atoms with Gasteiger partial charge in [0.15, 0.2) is 5.82 Å². The predicted molar refractivity (Wildman–Crippen MR) is 115 cm³/mol. The summed E-state index contributed by atoms with van der Waals surface area (Å²) < 4.78 is 39.6. The third-order valence-corrected chi connectivity index (χ3v) is 4.83. The number of hydrogen-bond donors (Lipinski definition) is 3. The van der Waals surface area contributed by atoms with Crippen LogP contribution in [0.2, 0.25) is 0 Å². The van der Waals surface area contributed by atoms with Crippen LogP contribution in [0.3, 0.4) is 0 Å². The fourth-order valence-corrected chi connectivity index (χ4v) is 2.87. The van der Waals surface area contributed by atoms with Gasteiger partial charge in [-0.25, -0.2) is 9.98 Å². The van der Waals surface area contributed by atoms with Crippen LogP contribution in [0.25, 0.3) is 0 Å². The molecule has 3 rings (SSSR count). The summed E-state index contributed by atoms with van der Waals surface area (Å²) in [5, 5.41) is 5.51. The Labute approximate surface area is 182 Å². The number of halogens is 3. The number of alkyl halides is 3. The van der Waals surface area contributed by atoms with Gasteiger partial charge in [-0.05, 0) is 56.5 Å². The molecule has 0 aliphatic heterocycles. The number of anilines is 1. The molecule has 1 fully saturated rings. The first-order valence-electron chi connectivity index (χ1n) is 9.82. The molecule has 2 amide bonds. The molecule has 1 aliphatic carbocycles. The summed E-state index contributed by atoms with van der Waals surface area (Å²) in [5.41, 5.74) is 5.82. The summed E-state index contributed by atoms with van der Waals surface area (Å²) in [4.78, 5) is 32.6. The minimum Gasteiger partial charge on any atom is -0.404 e. The number of aryl methyl sites for hydroxylation is 1. The number of amides is 2. The molecular weight excluding hydrogens is 423 g/mol. The van der Waals surface area contributed by atoms with Gasteiger partial charge in [-0.15, -0.1) is 0 Å². The molecule has 168 valence electrons. The largest absolute Gasteiger partial charge is 0.420 e. The van der Waals surface area contributed by atoms with Gasteiger partial charge in [-0.1, -0.05) is 6.07 Å². The Hall–Kier alpha value is -3.69. The van der Waals surface area contributed by atoms with E-state index in [0.717, 1.165) is 31.2 Å². The maximum absolute atomic E-state index is 13.2. The molecule has 4 N–H and O–H groups in total. The SMILES string of the molecule is CC(=Nc1ncccc1C(F)(F)F)C(=CN)C(=O)Nc1cc(C(=O)NC2CC2)ccc1C. The van der Waals surface area contributed by atoms with Gasteiger partial charge < -0.3 is 16.4 Å². The Balaban J connectivity index is 1.83. The van der Waals surface area contributed by atoms with Crippen molar-refractivity contribution >= 4 is 29.0 Å². The van der Waals surface area contributed by atoms with Crippen molar-refractivity contribution in [1.29, 1.82) is 0 Å². The third kappa shape index (κ3) is 5.51. The maximum Gasteiger partial charge on any atom is 0.420 e. The van der Waals surface area contributed by atoms with Crippen molar-refractivity contribution in [3.63, 3.8) is 0 Å². The van der Waals surface area contributed by atoms with Crippen LogP contribution in [0.1, 0.15) is 41.3 Å². The van der Waals surface area contributed by atoms with E-state index in [1.165, 1.54) is 19.2 Å². The normalized spacial score (nSPS) is 14.8. The average molecular weight is 445 g/mol. The molecule has 0 saturated heterocycles. The number of aromatic nitrogens is 1. The molecule has 1 aromatic heterocycles. The Morgan fingerprint density at radius 1 is 1.25 bits per heavy atom.